The van der Waals surface area contributed by atoms with E-state index in [-0.39, 0.29) is 5.41 Å². The predicted octanol–water partition coefficient (Wildman–Crippen LogP) is 15.6. The van der Waals surface area contributed by atoms with Crippen molar-refractivity contribution in [3.05, 3.63) is 216 Å². The van der Waals surface area contributed by atoms with Gasteiger partial charge < -0.3 is 9.47 Å². The Morgan fingerprint density at radius 3 is 1.95 bits per heavy atom. The first-order valence-corrected chi connectivity index (χ1v) is 20.6. The summed E-state index contributed by atoms with van der Waals surface area (Å²) in [5.41, 5.74) is 14.8. The van der Waals surface area contributed by atoms with Gasteiger partial charge in [0.1, 0.15) is 0 Å². The first kappa shape index (κ1) is 33.7. The predicted molar refractivity (Wildman–Crippen MR) is 252 cm³/mol. The van der Waals surface area contributed by atoms with Gasteiger partial charge in [0.25, 0.3) is 0 Å². The van der Waals surface area contributed by atoms with Gasteiger partial charge in [-0.25, -0.2) is 0 Å². The monoisotopic (exact) mass is 752 g/mol. The van der Waals surface area contributed by atoms with E-state index in [0.29, 0.717) is 0 Å². The third kappa shape index (κ3) is 5.06. The summed E-state index contributed by atoms with van der Waals surface area (Å²) in [5, 5.41) is 10.1. The molecule has 0 fully saturated rings. The number of hydrogen-bond acceptors (Lipinski definition) is 1. The second-order valence-electron chi connectivity index (χ2n) is 16.5. The molecule has 10 aromatic carbocycles. The van der Waals surface area contributed by atoms with Gasteiger partial charge in [-0.1, -0.05) is 166 Å². The number of hydrogen-bond donors (Lipinski definition) is 0. The zero-order valence-electron chi connectivity index (χ0n) is 33.0. The first-order chi connectivity index (χ1) is 29.0. The highest BCUT2D eigenvalue weighted by atomic mass is 15.1. The maximum Gasteiger partial charge on any atom is 0.0547 e. The summed E-state index contributed by atoms with van der Waals surface area (Å²) in [6.45, 7) is 4.72. The van der Waals surface area contributed by atoms with E-state index in [1.54, 1.807) is 0 Å². The number of benzene rings is 10. The van der Waals surface area contributed by atoms with Gasteiger partial charge in [0, 0.05) is 38.6 Å². The van der Waals surface area contributed by atoms with Gasteiger partial charge >= 0.3 is 0 Å². The Morgan fingerprint density at radius 2 is 1.07 bits per heavy atom. The molecule has 0 saturated carbocycles. The highest BCUT2D eigenvalue weighted by Crippen LogP contribution is 2.51. The van der Waals surface area contributed by atoms with E-state index in [2.05, 4.69) is 230 Å². The number of rotatable bonds is 6. The molecular weight excluding hydrogens is 713 g/mol. The molecule has 2 nitrogen and oxygen atoms in total. The van der Waals surface area contributed by atoms with Crippen molar-refractivity contribution in [2.24, 2.45) is 0 Å². The Labute approximate surface area is 343 Å². The minimum Gasteiger partial charge on any atom is -0.310 e. The second kappa shape index (κ2) is 12.8. The maximum atomic E-state index is 2.46. The van der Waals surface area contributed by atoms with Crippen LogP contribution >= 0.6 is 0 Å². The smallest absolute Gasteiger partial charge is 0.0547 e. The van der Waals surface area contributed by atoms with Crippen molar-refractivity contribution in [1.82, 2.24) is 4.57 Å². The summed E-state index contributed by atoms with van der Waals surface area (Å²) in [6.07, 6.45) is 4.61. The molecule has 1 aliphatic rings. The van der Waals surface area contributed by atoms with E-state index in [0.717, 1.165) is 17.1 Å². The van der Waals surface area contributed by atoms with E-state index in [4.69, 9.17) is 0 Å². The van der Waals surface area contributed by atoms with E-state index >= 15 is 0 Å². The largest absolute Gasteiger partial charge is 0.310 e. The minimum absolute atomic E-state index is 0.108. The Kier molecular flexibility index (Phi) is 7.31. The summed E-state index contributed by atoms with van der Waals surface area (Å²) in [6, 6.07) is 71.5. The van der Waals surface area contributed by atoms with Crippen molar-refractivity contribution in [2.45, 2.75) is 19.3 Å². The molecule has 278 valence electrons. The van der Waals surface area contributed by atoms with Gasteiger partial charge in [-0.3, -0.25) is 0 Å². The molecule has 0 N–H and O–H groups in total. The first-order valence-electron chi connectivity index (χ1n) is 20.6. The van der Waals surface area contributed by atoms with E-state index in [9.17, 15) is 0 Å². The van der Waals surface area contributed by atoms with Crippen LogP contribution in [0.3, 0.4) is 0 Å². The van der Waals surface area contributed by atoms with Crippen LogP contribution < -0.4 is 4.90 Å². The molecule has 11 aromatic rings. The summed E-state index contributed by atoms with van der Waals surface area (Å²) >= 11 is 0. The Hall–Kier alpha value is -7.42. The SMILES string of the molecule is CC1(C)c2ccccc2-c2ccc(N(c3ccc4ccccc4c3)c3ccc(C=Cc4ccc5c6c4ccc4cccc(c46)n5-c4ccccc4)c4ccccc34)cc21. The Morgan fingerprint density at radius 1 is 0.424 bits per heavy atom. The van der Waals surface area contributed by atoms with E-state index in [1.165, 1.54) is 93.2 Å². The van der Waals surface area contributed by atoms with Crippen LogP contribution in [0.1, 0.15) is 36.1 Å². The van der Waals surface area contributed by atoms with Crippen molar-refractivity contribution in [3.8, 4) is 16.8 Å². The van der Waals surface area contributed by atoms with Crippen molar-refractivity contribution < 1.29 is 0 Å². The molecule has 0 atom stereocenters. The summed E-state index contributed by atoms with van der Waals surface area (Å²) in [5.74, 6) is 0. The molecule has 2 heteroatoms. The lowest BCUT2D eigenvalue weighted by molar-refractivity contribution is 0.660. The standard InChI is InChI=1S/C57H40N2/c1-57(2)50-21-11-10-19-47(50)48-32-30-44(36-51(48)57)58(43-29-25-37-13-6-7-14-41(37)35-43)52-33-27-38(45-18-8-9-20-49(45)52)23-24-39-28-34-54-56-46(39)31-26-40-15-12-22-53(55(40)56)59(54)42-16-4-3-5-17-42/h3-36H,1-2H3. The van der Waals surface area contributed by atoms with Crippen molar-refractivity contribution >= 4 is 83.3 Å². The van der Waals surface area contributed by atoms with E-state index in [1.807, 2.05) is 0 Å². The number of nitrogens with zero attached hydrogens (tertiary/aromatic N) is 2. The Bertz CT molecular complexity index is 3470. The van der Waals surface area contributed by atoms with Crippen LogP contribution in [0.15, 0.2) is 194 Å². The maximum absolute atomic E-state index is 2.46. The molecule has 0 spiro atoms. The van der Waals surface area contributed by atoms with Gasteiger partial charge in [0.2, 0.25) is 0 Å². The fourth-order valence-corrected chi connectivity index (χ4v) is 10.1. The highest BCUT2D eigenvalue weighted by molar-refractivity contribution is 6.25. The van der Waals surface area contributed by atoms with Crippen LogP contribution in [0.2, 0.25) is 0 Å². The molecule has 0 radical (unpaired) electrons. The molecule has 59 heavy (non-hydrogen) atoms. The molecule has 1 aromatic heterocycles. The molecule has 0 bridgehead atoms. The molecule has 0 unspecified atom stereocenters. The van der Waals surface area contributed by atoms with Crippen molar-refractivity contribution in [3.63, 3.8) is 0 Å². The van der Waals surface area contributed by atoms with Crippen LogP contribution in [0, 0.1) is 0 Å². The number of anilines is 3. The molecule has 1 heterocycles. The zero-order chi connectivity index (χ0) is 39.2. The summed E-state index contributed by atoms with van der Waals surface area (Å²) in [4.78, 5) is 2.46. The lowest BCUT2D eigenvalue weighted by Gasteiger charge is -2.29. The molecule has 12 rings (SSSR count). The normalized spacial score (nSPS) is 13.3. The van der Waals surface area contributed by atoms with Crippen LogP contribution in [0.4, 0.5) is 17.1 Å². The number of para-hydroxylation sites is 1. The lowest BCUT2D eigenvalue weighted by atomic mass is 9.82. The van der Waals surface area contributed by atoms with Gasteiger partial charge in [-0.2, -0.15) is 0 Å². The minimum atomic E-state index is -0.108. The fourth-order valence-electron chi connectivity index (χ4n) is 10.1. The lowest BCUT2D eigenvalue weighted by Crippen LogP contribution is -2.16. The highest BCUT2D eigenvalue weighted by Gasteiger charge is 2.36. The van der Waals surface area contributed by atoms with Crippen LogP contribution in [0.25, 0.3) is 83.1 Å². The molecule has 0 aliphatic heterocycles. The molecule has 0 saturated heterocycles. The molecule has 0 amide bonds. The molecule has 1 aliphatic carbocycles. The quantitative estimate of drug-likeness (QED) is 0.121. The average Bonchev–Trinajstić information content (AvgIpc) is 3.75. The second-order valence-corrected chi connectivity index (χ2v) is 16.5. The van der Waals surface area contributed by atoms with Crippen LogP contribution in [0.5, 0.6) is 0 Å². The number of fused-ring (bicyclic) bond motifs is 5. The van der Waals surface area contributed by atoms with Crippen molar-refractivity contribution in [2.75, 3.05) is 4.90 Å². The van der Waals surface area contributed by atoms with Crippen LogP contribution in [-0.2, 0) is 5.41 Å². The van der Waals surface area contributed by atoms with Gasteiger partial charge in [-0.05, 0) is 115 Å². The van der Waals surface area contributed by atoms with Gasteiger partial charge in [0.15, 0.2) is 0 Å². The Balaban J connectivity index is 1.01. The third-order valence-corrected chi connectivity index (χ3v) is 12.9. The summed E-state index contributed by atoms with van der Waals surface area (Å²) in [7, 11) is 0. The van der Waals surface area contributed by atoms with Gasteiger partial charge in [0.05, 0.1) is 16.7 Å². The summed E-state index contributed by atoms with van der Waals surface area (Å²) < 4.78 is 2.41. The third-order valence-electron chi connectivity index (χ3n) is 12.9. The van der Waals surface area contributed by atoms with Gasteiger partial charge in [-0.15, -0.1) is 0 Å². The average molecular weight is 753 g/mol. The molecular formula is C57H40N2. The van der Waals surface area contributed by atoms with Crippen molar-refractivity contribution in [1.29, 1.82) is 0 Å². The van der Waals surface area contributed by atoms with E-state index < -0.39 is 0 Å². The van der Waals surface area contributed by atoms with Crippen LogP contribution in [-0.4, -0.2) is 4.57 Å². The fraction of sp³-hybridized carbons (Fsp3) is 0.0526. The topological polar surface area (TPSA) is 8.17 Å². The zero-order valence-corrected chi connectivity index (χ0v) is 33.0. The number of aromatic nitrogens is 1.